The van der Waals surface area contributed by atoms with Crippen LogP contribution in [0.15, 0.2) is 4.52 Å². The topological polar surface area (TPSA) is 75.4 Å². The van der Waals surface area contributed by atoms with E-state index in [-0.39, 0.29) is 12.3 Å². The van der Waals surface area contributed by atoms with Gasteiger partial charge in [0, 0.05) is 12.1 Å². The van der Waals surface area contributed by atoms with Crippen LogP contribution in [0.1, 0.15) is 49.1 Å². The third-order valence-electron chi connectivity index (χ3n) is 3.92. The lowest BCUT2D eigenvalue weighted by molar-refractivity contribution is -0.122. The zero-order valence-electron chi connectivity index (χ0n) is 11.7. The van der Waals surface area contributed by atoms with Crippen molar-refractivity contribution < 1.29 is 14.4 Å². The number of nitrogens with zero attached hydrogens (tertiary/aromatic N) is 1. The van der Waals surface area contributed by atoms with E-state index in [2.05, 4.69) is 10.5 Å². The van der Waals surface area contributed by atoms with Gasteiger partial charge in [-0.3, -0.25) is 4.79 Å². The van der Waals surface area contributed by atoms with E-state index >= 15 is 0 Å². The van der Waals surface area contributed by atoms with Crippen molar-refractivity contribution in [2.45, 2.75) is 58.0 Å². The first-order chi connectivity index (χ1) is 9.00. The molecule has 1 aromatic heterocycles. The van der Waals surface area contributed by atoms with Gasteiger partial charge < -0.3 is 14.9 Å². The summed E-state index contributed by atoms with van der Waals surface area (Å²) in [5.74, 6) is 0.595. The zero-order valence-corrected chi connectivity index (χ0v) is 11.7. The van der Waals surface area contributed by atoms with E-state index in [1.165, 1.54) is 6.42 Å². The molecule has 2 rings (SSSR count). The molecule has 1 aromatic rings. The third-order valence-corrected chi connectivity index (χ3v) is 3.92. The average molecular weight is 266 g/mol. The monoisotopic (exact) mass is 266 g/mol. The van der Waals surface area contributed by atoms with E-state index in [0.717, 1.165) is 36.9 Å². The van der Waals surface area contributed by atoms with E-state index in [9.17, 15) is 9.90 Å². The van der Waals surface area contributed by atoms with Gasteiger partial charge in [0.05, 0.1) is 17.7 Å². The second kappa shape index (κ2) is 5.74. The highest BCUT2D eigenvalue weighted by Crippen LogP contribution is 2.27. The summed E-state index contributed by atoms with van der Waals surface area (Å²) in [6.45, 7) is 3.97. The first kappa shape index (κ1) is 14.1. The summed E-state index contributed by atoms with van der Waals surface area (Å²) < 4.78 is 5.03. The van der Waals surface area contributed by atoms with E-state index in [1.807, 2.05) is 6.92 Å². The molecule has 1 heterocycles. The van der Waals surface area contributed by atoms with Crippen molar-refractivity contribution in [1.29, 1.82) is 0 Å². The van der Waals surface area contributed by atoms with Crippen LogP contribution in [-0.2, 0) is 11.2 Å². The van der Waals surface area contributed by atoms with Crippen molar-refractivity contribution in [3.63, 3.8) is 0 Å². The minimum Gasteiger partial charge on any atom is -0.388 e. The average Bonchev–Trinajstić information content (AvgIpc) is 2.69. The maximum absolute atomic E-state index is 11.9. The molecular formula is C14H22N2O3. The van der Waals surface area contributed by atoms with Gasteiger partial charge in [0.25, 0.3) is 0 Å². The summed E-state index contributed by atoms with van der Waals surface area (Å²) >= 11 is 0. The molecule has 0 saturated heterocycles. The van der Waals surface area contributed by atoms with Crippen LogP contribution in [0.25, 0.3) is 0 Å². The van der Waals surface area contributed by atoms with Crippen molar-refractivity contribution in [3.8, 4) is 0 Å². The normalized spacial score (nSPS) is 18.3. The lowest BCUT2D eigenvalue weighted by Crippen LogP contribution is -2.44. The van der Waals surface area contributed by atoms with Crippen molar-refractivity contribution in [3.05, 3.63) is 17.0 Å². The van der Waals surface area contributed by atoms with Crippen LogP contribution in [0.2, 0.25) is 0 Å². The quantitative estimate of drug-likeness (QED) is 0.868. The maximum atomic E-state index is 11.9. The number of aliphatic hydroxyl groups is 1. The molecule has 5 nitrogen and oxygen atoms in total. The van der Waals surface area contributed by atoms with Crippen molar-refractivity contribution >= 4 is 5.91 Å². The third kappa shape index (κ3) is 3.56. The highest BCUT2D eigenvalue weighted by molar-refractivity contribution is 5.79. The van der Waals surface area contributed by atoms with Crippen LogP contribution in [0.5, 0.6) is 0 Å². The predicted molar refractivity (Wildman–Crippen MR) is 70.7 cm³/mol. The van der Waals surface area contributed by atoms with Crippen LogP contribution in [0, 0.1) is 13.8 Å². The summed E-state index contributed by atoms with van der Waals surface area (Å²) in [6, 6.07) is 0. The smallest absolute Gasteiger partial charge is 0.224 e. The number of amides is 1. The SMILES string of the molecule is Cc1noc(C)c1CC(=O)NCC1(O)CCCCC1. The molecule has 1 amide bonds. The van der Waals surface area contributed by atoms with Gasteiger partial charge in [-0.1, -0.05) is 24.4 Å². The summed E-state index contributed by atoms with van der Waals surface area (Å²) in [7, 11) is 0. The van der Waals surface area contributed by atoms with Gasteiger partial charge in [0.1, 0.15) is 5.76 Å². The number of nitrogens with one attached hydrogen (secondary N) is 1. The Balaban J connectivity index is 1.85. The van der Waals surface area contributed by atoms with E-state index in [0.29, 0.717) is 12.3 Å². The Morgan fingerprint density at radius 1 is 1.37 bits per heavy atom. The van der Waals surface area contributed by atoms with Crippen molar-refractivity contribution in [2.75, 3.05) is 6.54 Å². The highest BCUT2D eigenvalue weighted by atomic mass is 16.5. The van der Waals surface area contributed by atoms with Gasteiger partial charge in [-0.2, -0.15) is 0 Å². The van der Waals surface area contributed by atoms with Gasteiger partial charge in [-0.05, 0) is 26.7 Å². The van der Waals surface area contributed by atoms with Crippen LogP contribution < -0.4 is 5.32 Å². The number of hydrogen-bond donors (Lipinski definition) is 2. The van der Waals surface area contributed by atoms with Crippen LogP contribution in [-0.4, -0.2) is 28.3 Å². The Morgan fingerprint density at radius 3 is 2.63 bits per heavy atom. The van der Waals surface area contributed by atoms with Crippen molar-refractivity contribution in [1.82, 2.24) is 10.5 Å². The largest absolute Gasteiger partial charge is 0.388 e. The Kier molecular flexibility index (Phi) is 4.24. The molecule has 0 atom stereocenters. The number of aromatic nitrogens is 1. The van der Waals surface area contributed by atoms with Gasteiger partial charge in [-0.15, -0.1) is 0 Å². The predicted octanol–water partition coefficient (Wildman–Crippen LogP) is 1.65. The van der Waals surface area contributed by atoms with Gasteiger partial charge >= 0.3 is 0 Å². The second-order valence-electron chi connectivity index (χ2n) is 5.54. The van der Waals surface area contributed by atoms with Gasteiger partial charge in [0.2, 0.25) is 5.91 Å². The fourth-order valence-corrected chi connectivity index (χ4v) is 2.63. The molecular weight excluding hydrogens is 244 g/mol. The highest BCUT2D eigenvalue weighted by Gasteiger charge is 2.29. The molecule has 106 valence electrons. The Morgan fingerprint density at radius 2 is 2.05 bits per heavy atom. The summed E-state index contributed by atoms with van der Waals surface area (Å²) in [6.07, 6.45) is 5.07. The molecule has 0 aliphatic heterocycles. The maximum Gasteiger partial charge on any atom is 0.224 e. The molecule has 1 aliphatic carbocycles. The standard InChI is InChI=1S/C14H22N2O3/c1-10-12(11(2)19-16-10)8-13(17)15-9-14(18)6-4-3-5-7-14/h18H,3-9H2,1-2H3,(H,15,17). The number of carbonyl (C=O) groups is 1. The molecule has 1 saturated carbocycles. The molecule has 0 spiro atoms. The molecule has 1 aliphatic rings. The Hall–Kier alpha value is -1.36. The lowest BCUT2D eigenvalue weighted by atomic mass is 9.85. The van der Waals surface area contributed by atoms with Gasteiger partial charge in [-0.25, -0.2) is 0 Å². The van der Waals surface area contributed by atoms with Crippen LogP contribution in [0.3, 0.4) is 0 Å². The van der Waals surface area contributed by atoms with E-state index in [1.54, 1.807) is 6.92 Å². The molecule has 0 radical (unpaired) electrons. The van der Waals surface area contributed by atoms with E-state index < -0.39 is 5.60 Å². The first-order valence-electron chi connectivity index (χ1n) is 6.91. The van der Waals surface area contributed by atoms with E-state index in [4.69, 9.17) is 4.52 Å². The number of carbonyl (C=O) groups excluding carboxylic acids is 1. The number of rotatable bonds is 4. The zero-order chi connectivity index (χ0) is 13.9. The number of hydrogen-bond acceptors (Lipinski definition) is 4. The molecule has 0 unspecified atom stereocenters. The Bertz CT molecular complexity index is 428. The minimum absolute atomic E-state index is 0.0894. The van der Waals surface area contributed by atoms with Gasteiger partial charge in [0.15, 0.2) is 0 Å². The summed E-state index contributed by atoms with van der Waals surface area (Å²) in [4.78, 5) is 11.9. The minimum atomic E-state index is -0.716. The first-order valence-corrected chi connectivity index (χ1v) is 6.91. The Labute approximate surface area is 113 Å². The molecule has 5 heteroatoms. The molecule has 19 heavy (non-hydrogen) atoms. The summed E-state index contributed by atoms with van der Waals surface area (Å²) in [5, 5.41) is 17.0. The molecule has 0 aromatic carbocycles. The lowest BCUT2D eigenvalue weighted by Gasteiger charge is -2.32. The van der Waals surface area contributed by atoms with Crippen LogP contribution in [0.4, 0.5) is 0 Å². The second-order valence-corrected chi connectivity index (χ2v) is 5.54. The summed E-state index contributed by atoms with van der Waals surface area (Å²) in [5.41, 5.74) is 0.879. The molecule has 1 fully saturated rings. The van der Waals surface area contributed by atoms with Crippen molar-refractivity contribution in [2.24, 2.45) is 0 Å². The number of aryl methyl sites for hydroxylation is 2. The fourth-order valence-electron chi connectivity index (χ4n) is 2.63. The van der Waals surface area contributed by atoms with Crippen LogP contribution >= 0.6 is 0 Å². The molecule has 0 bridgehead atoms. The molecule has 2 N–H and O–H groups in total. The fraction of sp³-hybridized carbons (Fsp3) is 0.714.